The maximum Gasteiger partial charge on any atom is 0.337 e. The van der Waals surface area contributed by atoms with E-state index in [2.05, 4.69) is 10.4 Å². The van der Waals surface area contributed by atoms with Gasteiger partial charge in [-0.25, -0.2) is 9.48 Å². The van der Waals surface area contributed by atoms with Gasteiger partial charge in [0.15, 0.2) is 0 Å². The quantitative estimate of drug-likeness (QED) is 0.428. The van der Waals surface area contributed by atoms with Crippen molar-refractivity contribution in [3.63, 3.8) is 0 Å². The Kier molecular flexibility index (Phi) is 8.28. The second kappa shape index (κ2) is 11.6. The summed E-state index contributed by atoms with van der Waals surface area (Å²) in [6, 6.07) is 7.58. The number of thioether (sulfide) groups is 1. The Morgan fingerprint density at radius 2 is 1.57 bits per heavy atom. The Hall–Kier alpha value is -2.28. The fourth-order valence-corrected chi connectivity index (χ4v) is 8.79. The van der Waals surface area contributed by atoms with Gasteiger partial charge in [-0.1, -0.05) is 33.1 Å². The number of rotatable bonds is 6. The average Bonchev–Trinajstić information content (AvgIpc) is 3.35. The number of carbonyl (C=O) groups excluding carboxylic acids is 2. The van der Waals surface area contributed by atoms with Crippen molar-refractivity contribution in [2.75, 3.05) is 7.11 Å². The predicted octanol–water partition coefficient (Wildman–Crippen LogP) is 6.66. The highest BCUT2D eigenvalue weighted by Gasteiger charge is 2.48. The highest BCUT2D eigenvalue weighted by atomic mass is 32.2. The Morgan fingerprint density at radius 3 is 2.16 bits per heavy atom. The third kappa shape index (κ3) is 5.47. The molecule has 7 heteroatoms. The second-order valence-electron chi connectivity index (χ2n) is 11.1. The van der Waals surface area contributed by atoms with Crippen LogP contribution in [0.3, 0.4) is 0 Å². The SMILES string of the molecule is CC.COC(=O)c1ccc(-n2ncc(C(=O)NC3C4CC5CC(C4)CC3C5)c2SC2CCCCC2)cc1. The standard InChI is InChI=1S/C28H35N3O3S.C2H6/c1-34-28(33)19-7-9-22(10-8-19)31-27(35-23-5-3-2-4-6-23)24(16-29-31)26(32)30-25-20-12-17-11-18(14-20)15-21(25)13-17;1-2/h7-10,16-18,20-21,23,25H,2-6,11-15H2,1H3,(H,30,32);1-2H3. The molecular weight excluding hydrogens is 482 g/mol. The van der Waals surface area contributed by atoms with Crippen LogP contribution in [-0.2, 0) is 4.74 Å². The number of methoxy groups -OCH3 is 1. The first-order valence-corrected chi connectivity index (χ1v) is 15.2. The van der Waals surface area contributed by atoms with Crippen LogP contribution in [-0.4, -0.2) is 40.1 Å². The zero-order chi connectivity index (χ0) is 25.9. The molecule has 5 fully saturated rings. The fraction of sp³-hybridized carbons (Fsp3) is 0.633. The summed E-state index contributed by atoms with van der Waals surface area (Å²) in [5, 5.41) is 9.58. The van der Waals surface area contributed by atoms with Crippen LogP contribution in [0.5, 0.6) is 0 Å². The Bertz CT molecular complexity index is 1060. The Labute approximate surface area is 225 Å². The van der Waals surface area contributed by atoms with Gasteiger partial charge in [0.05, 0.1) is 30.1 Å². The van der Waals surface area contributed by atoms with Crippen molar-refractivity contribution in [1.29, 1.82) is 0 Å². The first kappa shape index (κ1) is 26.3. The maximum atomic E-state index is 13.7. The highest BCUT2D eigenvalue weighted by molar-refractivity contribution is 8.00. The van der Waals surface area contributed by atoms with Crippen LogP contribution in [0, 0.1) is 23.7 Å². The first-order valence-electron chi connectivity index (χ1n) is 14.3. The number of aromatic nitrogens is 2. The van der Waals surface area contributed by atoms with Crippen molar-refractivity contribution in [2.45, 2.75) is 94.4 Å². The number of hydrogen-bond donors (Lipinski definition) is 1. The molecule has 1 aromatic carbocycles. The van der Waals surface area contributed by atoms with Crippen LogP contribution in [0.1, 0.15) is 98.8 Å². The molecule has 0 radical (unpaired) electrons. The van der Waals surface area contributed by atoms with Crippen LogP contribution in [0.4, 0.5) is 0 Å². The van der Waals surface area contributed by atoms with E-state index < -0.39 is 0 Å². The minimum absolute atomic E-state index is 0.0261. The van der Waals surface area contributed by atoms with Gasteiger partial charge in [-0.2, -0.15) is 5.10 Å². The molecule has 5 aliphatic carbocycles. The minimum Gasteiger partial charge on any atom is -0.465 e. The molecule has 0 unspecified atom stereocenters. The lowest BCUT2D eigenvalue weighted by Crippen LogP contribution is -2.55. The van der Waals surface area contributed by atoms with E-state index in [4.69, 9.17) is 4.74 Å². The summed E-state index contributed by atoms with van der Waals surface area (Å²) in [7, 11) is 1.39. The zero-order valence-electron chi connectivity index (χ0n) is 22.4. The van der Waals surface area contributed by atoms with Gasteiger partial charge in [-0.3, -0.25) is 4.79 Å². The van der Waals surface area contributed by atoms with E-state index in [0.717, 1.165) is 22.5 Å². The first-order chi connectivity index (χ1) is 18.1. The van der Waals surface area contributed by atoms with Gasteiger partial charge < -0.3 is 10.1 Å². The molecule has 4 bridgehead atoms. The molecule has 7 rings (SSSR count). The van der Waals surface area contributed by atoms with Crippen molar-refractivity contribution in [3.8, 4) is 5.69 Å². The Morgan fingerprint density at radius 1 is 0.946 bits per heavy atom. The minimum atomic E-state index is -0.357. The van der Waals surface area contributed by atoms with Gasteiger partial charge in [0.25, 0.3) is 5.91 Å². The van der Waals surface area contributed by atoms with Crippen LogP contribution in [0.2, 0.25) is 0 Å². The van der Waals surface area contributed by atoms with Crippen LogP contribution < -0.4 is 5.32 Å². The molecule has 200 valence electrons. The monoisotopic (exact) mass is 523 g/mol. The molecular formula is C30H41N3O3S. The summed E-state index contributed by atoms with van der Waals surface area (Å²) in [5.41, 5.74) is 2.04. The number of nitrogens with zero attached hydrogens (tertiary/aromatic N) is 2. The van der Waals surface area contributed by atoms with E-state index in [1.807, 2.05) is 30.7 Å². The van der Waals surface area contributed by atoms with E-state index in [-0.39, 0.29) is 11.9 Å². The fourth-order valence-electron chi connectivity index (χ4n) is 7.38. The lowest BCUT2D eigenvalue weighted by molar-refractivity contribution is -0.0120. The zero-order valence-corrected chi connectivity index (χ0v) is 23.3. The number of esters is 1. The number of nitrogens with one attached hydrogen (secondary N) is 1. The molecule has 6 nitrogen and oxygen atoms in total. The molecule has 0 aliphatic heterocycles. The summed E-state index contributed by atoms with van der Waals surface area (Å²) in [6.07, 6.45) is 14.4. The summed E-state index contributed by atoms with van der Waals surface area (Å²) < 4.78 is 6.72. The van der Waals surface area contributed by atoms with E-state index >= 15 is 0 Å². The van der Waals surface area contributed by atoms with E-state index in [1.54, 1.807) is 30.1 Å². The van der Waals surface area contributed by atoms with Gasteiger partial charge in [0, 0.05) is 11.3 Å². The molecule has 0 atom stereocenters. The van der Waals surface area contributed by atoms with Crippen molar-refractivity contribution >= 4 is 23.6 Å². The molecule has 1 heterocycles. The number of benzene rings is 1. The molecule has 37 heavy (non-hydrogen) atoms. The summed E-state index contributed by atoms with van der Waals surface area (Å²) in [4.78, 5) is 25.6. The van der Waals surface area contributed by atoms with Gasteiger partial charge in [-0.15, -0.1) is 11.8 Å². The largest absolute Gasteiger partial charge is 0.465 e. The molecule has 1 amide bonds. The van der Waals surface area contributed by atoms with Crippen molar-refractivity contribution < 1.29 is 14.3 Å². The number of ether oxygens (including phenoxy) is 1. The number of amides is 1. The van der Waals surface area contributed by atoms with Crippen molar-refractivity contribution in [1.82, 2.24) is 15.1 Å². The van der Waals surface area contributed by atoms with E-state index in [9.17, 15) is 9.59 Å². The average molecular weight is 524 g/mol. The third-order valence-electron chi connectivity index (χ3n) is 8.86. The third-order valence-corrected chi connectivity index (χ3v) is 10.3. The van der Waals surface area contributed by atoms with Gasteiger partial charge in [0.1, 0.15) is 5.03 Å². The van der Waals surface area contributed by atoms with Crippen molar-refractivity contribution in [3.05, 3.63) is 41.6 Å². The normalized spacial score (nSPS) is 28.4. The van der Waals surface area contributed by atoms with E-state index in [0.29, 0.717) is 34.3 Å². The summed E-state index contributed by atoms with van der Waals surface area (Å²) in [6.45, 7) is 4.00. The molecule has 5 aliphatic rings. The van der Waals surface area contributed by atoms with E-state index in [1.165, 1.54) is 71.3 Å². The van der Waals surface area contributed by atoms with Crippen LogP contribution in [0.15, 0.2) is 35.5 Å². The number of hydrogen-bond acceptors (Lipinski definition) is 5. The second-order valence-corrected chi connectivity index (χ2v) is 12.4. The topological polar surface area (TPSA) is 73.2 Å². The molecule has 0 saturated heterocycles. The molecule has 2 aromatic rings. The maximum absolute atomic E-state index is 13.7. The summed E-state index contributed by atoms with van der Waals surface area (Å²) >= 11 is 1.80. The van der Waals surface area contributed by atoms with Gasteiger partial charge >= 0.3 is 5.97 Å². The lowest BCUT2D eigenvalue weighted by atomic mass is 9.54. The molecule has 1 aromatic heterocycles. The smallest absolute Gasteiger partial charge is 0.337 e. The predicted molar refractivity (Wildman–Crippen MR) is 147 cm³/mol. The van der Waals surface area contributed by atoms with Gasteiger partial charge in [0.2, 0.25) is 0 Å². The van der Waals surface area contributed by atoms with Gasteiger partial charge in [-0.05, 0) is 92.9 Å². The van der Waals surface area contributed by atoms with Crippen LogP contribution >= 0.6 is 11.8 Å². The summed E-state index contributed by atoms with van der Waals surface area (Å²) in [5.74, 6) is 2.73. The number of carbonyl (C=O) groups is 2. The highest BCUT2D eigenvalue weighted by Crippen LogP contribution is 2.53. The Balaban J connectivity index is 0.00000137. The lowest BCUT2D eigenvalue weighted by Gasteiger charge is -2.54. The van der Waals surface area contributed by atoms with Crippen LogP contribution in [0.25, 0.3) is 5.69 Å². The molecule has 5 saturated carbocycles. The molecule has 1 N–H and O–H groups in total. The molecule has 0 spiro atoms. The van der Waals surface area contributed by atoms with Crippen molar-refractivity contribution in [2.24, 2.45) is 23.7 Å².